The SMILES string of the molecule is COc1ccc(-c2nc(-c3nc(-c4cc([N+](=O)[O-])ccc4Cl)nn3-c3ccc(C(=O)O)cc3)sc2C(C)C)cc1. The number of nitrogens with zero attached hydrogens (tertiary/aromatic N) is 5. The number of aromatic nitrogens is 4. The average Bonchev–Trinajstić information content (AvgIpc) is 3.59. The van der Waals surface area contributed by atoms with E-state index in [4.69, 9.17) is 26.3 Å². The summed E-state index contributed by atoms with van der Waals surface area (Å²) < 4.78 is 6.83. The molecule has 0 aliphatic carbocycles. The van der Waals surface area contributed by atoms with E-state index in [1.165, 1.54) is 46.4 Å². The van der Waals surface area contributed by atoms with Crippen LogP contribution in [0.2, 0.25) is 5.02 Å². The van der Waals surface area contributed by atoms with Crippen molar-refractivity contribution in [1.82, 2.24) is 19.7 Å². The molecule has 2 aromatic heterocycles. The number of non-ortho nitro benzene ring substituents is 1. The number of ether oxygens (including phenoxy) is 1. The quantitative estimate of drug-likeness (QED) is 0.153. The number of carboxylic acids is 1. The molecule has 0 spiro atoms. The number of carbonyl (C=O) groups is 1. The average molecular weight is 576 g/mol. The third-order valence-electron chi connectivity index (χ3n) is 6.10. The molecule has 1 N–H and O–H groups in total. The molecule has 0 fully saturated rings. The first-order chi connectivity index (χ1) is 19.2. The molecule has 0 saturated carbocycles. The third kappa shape index (κ3) is 5.16. The molecule has 5 aromatic rings. The van der Waals surface area contributed by atoms with Crippen LogP contribution >= 0.6 is 22.9 Å². The van der Waals surface area contributed by atoms with Gasteiger partial charge < -0.3 is 9.84 Å². The molecule has 0 atom stereocenters. The van der Waals surface area contributed by atoms with Crippen molar-refractivity contribution < 1.29 is 19.6 Å². The predicted octanol–water partition coefficient (Wildman–Crippen LogP) is 7.12. The lowest BCUT2D eigenvalue weighted by atomic mass is 10.1. The minimum absolute atomic E-state index is 0.116. The number of thiazole rings is 1. The molecule has 0 unspecified atom stereocenters. The van der Waals surface area contributed by atoms with Crippen molar-refractivity contribution in [3.05, 3.63) is 92.3 Å². The van der Waals surface area contributed by atoms with Crippen LogP contribution in [0.3, 0.4) is 0 Å². The van der Waals surface area contributed by atoms with Crippen molar-refractivity contribution >= 4 is 34.6 Å². The highest BCUT2D eigenvalue weighted by Gasteiger charge is 2.24. The number of carboxylic acid groups (broad SMARTS) is 1. The molecule has 40 heavy (non-hydrogen) atoms. The van der Waals surface area contributed by atoms with Crippen molar-refractivity contribution in [3.8, 4) is 44.9 Å². The fourth-order valence-electron chi connectivity index (χ4n) is 4.06. The summed E-state index contributed by atoms with van der Waals surface area (Å²) in [7, 11) is 1.61. The van der Waals surface area contributed by atoms with E-state index in [-0.39, 0.29) is 33.6 Å². The smallest absolute Gasteiger partial charge is 0.335 e. The minimum atomic E-state index is -1.06. The zero-order chi connectivity index (χ0) is 28.6. The molecule has 12 heteroatoms. The van der Waals surface area contributed by atoms with Gasteiger partial charge in [-0.1, -0.05) is 25.4 Å². The van der Waals surface area contributed by atoms with Gasteiger partial charge in [-0.2, -0.15) is 0 Å². The molecule has 0 aliphatic heterocycles. The van der Waals surface area contributed by atoms with Gasteiger partial charge in [0, 0.05) is 28.1 Å². The maximum Gasteiger partial charge on any atom is 0.335 e. The molecular formula is C28H22ClN5O5S. The van der Waals surface area contributed by atoms with Crippen LogP contribution in [0.5, 0.6) is 5.75 Å². The maximum atomic E-state index is 11.4. The van der Waals surface area contributed by atoms with E-state index >= 15 is 0 Å². The summed E-state index contributed by atoms with van der Waals surface area (Å²) in [5.41, 5.74) is 2.49. The monoisotopic (exact) mass is 575 g/mol. The van der Waals surface area contributed by atoms with Gasteiger partial charge in [-0.05, 0) is 60.5 Å². The summed E-state index contributed by atoms with van der Waals surface area (Å²) in [5.74, 6) is 0.374. The Balaban J connectivity index is 1.71. The van der Waals surface area contributed by atoms with Crippen LogP contribution in [-0.2, 0) is 0 Å². The first-order valence-corrected chi connectivity index (χ1v) is 13.3. The number of benzene rings is 3. The Morgan fingerprint density at radius 3 is 2.38 bits per heavy atom. The van der Waals surface area contributed by atoms with Crippen LogP contribution in [0.1, 0.15) is 35.0 Å². The Morgan fingerprint density at radius 1 is 1.07 bits per heavy atom. The third-order valence-corrected chi connectivity index (χ3v) is 7.78. The zero-order valence-corrected chi connectivity index (χ0v) is 23.1. The van der Waals surface area contributed by atoms with E-state index in [1.807, 2.05) is 24.3 Å². The Bertz CT molecular complexity index is 1730. The predicted molar refractivity (Wildman–Crippen MR) is 153 cm³/mol. The Labute approximate surface area is 237 Å². The Kier molecular flexibility index (Phi) is 7.33. The van der Waals surface area contributed by atoms with Crippen LogP contribution in [0.15, 0.2) is 66.7 Å². The molecule has 202 valence electrons. The largest absolute Gasteiger partial charge is 0.497 e. The van der Waals surface area contributed by atoms with E-state index in [0.717, 1.165) is 21.9 Å². The lowest BCUT2D eigenvalue weighted by Gasteiger charge is -2.06. The van der Waals surface area contributed by atoms with Gasteiger partial charge in [-0.25, -0.2) is 19.4 Å². The van der Waals surface area contributed by atoms with Crippen LogP contribution in [0.4, 0.5) is 5.69 Å². The molecule has 3 aromatic carbocycles. The van der Waals surface area contributed by atoms with E-state index < -0.39 is 10.9 Å². The van der Waals surface area contributed by atoms with Crippen molar-refractivity contribution in [2.24, 2.45) is 0 Å². The topological polar surface area (TPSA) is 133 Å². The highest BCUT2D eigenvalue weighted by molar-refractivity contribution is 7.15. The molecule has 0 amide bonds. The first kappa shape index (κ1) is 27.0. The molecule has 5 rings (SSSR count). The number of nitro groups is 1. The van der Waals surface area contributed by atoms with Crippen LogP contribution in [-0.4, -0.2) is 42.9 Å². The lowest BCUT2D eigenvalue weighted by molar-refractivity contribution is -0.384. The van der Waals surface area contributed by atoms with Gasteiger partial charge in [0.15, 0.2) is 16.7 Å². The molecule has 0 aliphatic rings. The molecule has 2 heterocycles. The van der Waals surface area contributed by atoms with Gasteiger partial charge in [0.2, 0.25) is 0 Å². The number of hydrogen-bond donors (Lipinski definition) is 1. The number of hydrogen-bond acceptors (Lipinski definition) is 8. The van der Waals surface area contributed by atoms with Crippen molar-refractivity contribution in [2.45, 2.75) is 19.8 Å². The Morgan fingerprint density at radius 2 is 1.77 bits per heavy atom. The number of halogens is 1. The van der Waals surface area contributed by atoms with E-state index in [1.54, 1.807) is 19.2 Å². The van der Waals surface area contributed by atoms with Gasteiger partial charge in [0.05, 0.1) is 34.0 Å². The zero-order valence-electron chi connectivity index (χ0n) is 21.5. The van der Waals surface area contributed by atoms with Gasteiger partial charge in [-0.15, -0.1) is 16.4 Å². The standard InChI is InChI=1S/C28H22ClN5O5S/c1-15(2)24-23(16-6-11-20(39-3)12-7-16)30-27(40-24)26-31-25(21-14-19(34(37)38)10-13-22(21)29)32-33(26)18-8-4-17(5-9-18)28(35)36/h4-15H,1-3H3,(H,35,36). The summed E-state index contributed by atoms with van der Waals surface area (Å²) >= 11 is 7.88. The summed E-state index contributed by atoms with van der Waals surface area (Å²) in [6.45, 7) is 4.15. The highest BCUT2D eigenvalue weighted by Crippen LogP contribution is 2.40. The summed E-state index contributed by atoms with van der Waals surface area (Å²) in [6.07, 6.45) is 0. The summed E-state index contributed by atoms with van der Waals surface area (Å²) in [4.78, 5) is 33.0. The second-order valence-corrected chi connectivity index (χ2v) is 10.5. The van der Waals surface area contributed by atoms with Gasteiger partial charge in [0.25, 0.3) is 5.69 Å². The van der Waals surface area contributed by atoms with Crippen molar-refractivity contribution in [1.29, 1.82) is 0 Å². The fourth-order valence-corrected chi connectivity index (χ4v) is 5.33. The van der Waals surface area contributed by atoms with Crippen molar-refractivity contribution in [2.75, 3.05) is 7.11 Å². The normalized spacial score (nSPS) is 11.1. The molecule has 0 saturated heterocycles. The van der Waals surface area contributed by atoms with Gasteiger partial charge in [-0.3, -0.25) is 10.1 Å². The van der Waals surface area contributed by atoms with Crippen LogP contribution in [0.25, 0.3) is 39.2 Å². The molecular weight excluding hydrogens is 554 g/mol. The number of nitro benzene ring substituents is 1. The van der Waals surface area contributed by atoms with Gasteiger partial charge in [0.1, 0.15) is 5.75 Å². The molecule has 0 radical (unpaired) electrons. The van der Waals surface area contributed by atoms with Gasteiger partial charge >= 0.3 is 5.97 Å². The van der Waals surface area contributed by atoms with Crippen molar-refractivity contribution in [3.63, 3.8) is 0 Å². The van der Waals surface area contributed by atoms with Crippen LogP contribution < -0.4 is 4.74 Å². The number of aromatic carboxylic acids is 1. The first-order valence-electron chi connectivity index (χ1n) is 12.1. The van der Waals surface area contributed by atoms with E-state index in [2.05, 4.69) is 18.9 Å². The second kappa shape index (κ2) is 10.9. The minimum Gasteiger partial charge on any atom is -0.497 e. The Hall–Kier alpha value is -4.61. The summed E-state index contributed by atoms with van der Waals surface area (Å²) in [6, 6.07) is 17.8. The molecule has 0 bridgehead atoms. The highest BCUT2D eigenvalue weighted by atomic mass is 35.5. The van der Waals surface area contributed by atoms with E-state index in [9.17, 15) is 20.0 Å². The van der Waals surface area contributed by atoms with E-state index in [0.29, 0.717) is 16.5 Å². The number of rotatable bonds is 8. The summed E-state index contributed by atoms with van der Waals surface area (Å²) in [5, 5.41) is 26.2. The van der Waals surface area contributed by atoms with Crippen LogP contribution in [0, 0.1) is 10.1 Å². The number of methoxy groups -OCH3 is 1. The maximum absolute atomic E-state index is 11.4. The molecule has 10 nitrogen and oxygen atoms in total. The second-order valence-electron chi connectivity index (χ2n) is 9.06. The lowest BCUT2D eigenvalue weighted by Crippen LogP contribution is -2.01. The fraction of sp³-hybridized carbons (Fsp3) is 0.143.